The van der Waals surface area contributed by atoms with Gasteiger partial charge in [-0.3, -0.25) is 4.79 Å². The van der Waals surface area contributed by atoms with Gasteiger partial charge in [0.05, 0.1) is 12.0 Å². The minimum atomic E-state index is -0.501. The number of rotatable bonds is 4. The van der Waals surface area contributed by atoms with E-state index in [4.69, 9.17) is 5.11 Å². The molecule has 3 N–H and O–H groups in total. The van der Waals surface area contributed by atoms with Crippen LogP contribution in [-0.4, -0.2) is 28.8 Å². The minimum absolute atomic E-state index is 0.102. The molecule has 1 fully saturated rings. The predicted octanol–water partition coefficient (Wildman–Crippen LogP) is 1.32. The van der Waals surface area contributed by atoms with Crippen molar-refractivity contribution in [2.75, 3.05) is 11.9 Å². The van der Waals surface area contributed by atoms with E-state index >= 15 is 0 Å². The molecule has 1 aliphatic carbocycles. The second-order valence-corrected chi connectivity index (χ2v) is 4.76. The molecule has 2 rings (SSSR count). The number of carbonyl (C=O) groups is 1. The quantitative estimate of drug-likeness (QED) is 0.753. The van der Waals surface area contributed by atoms with E-state index in [1.54, 1.807) is 0 Å². The van der Waals surface area contributed by atoms with Crippen LogP contribution >= 0.6 is 0 Å². The fourth-order valence-corrected chi connectivity index (χ4v) is 2.37. The van der Waals surface area contributed by atoms with Gasteiger partial charge in [0.2, 0.25) is 5.91 Å². The van der Waals surface area contributed by atoms with Crippen LogP contribution in [-0.2, 0) is 11.2 Å². The van der Waals surface area contributed by atoms with Gasteiger partial charge in [0.1, 0.15) is 0 Å². The average Bonchev–Trinajstić information content (AvgIpc) is 2.78. The van der Waals surface area contributed by atoms with E-state index in [1.807, 2.05) is 24.3 Å². The van der Waals surface area contributed by atoms with Gasteiger partial charge in [-0.2, -0.15) is 0 Å². The third-order valence-electron chi connectivity index (χ3n) is 3.44. The maximum atomic E-state index is 11.9. The summed E-state index contributed by atoms with van der Waals surface area (Å²) < 4.78 is 0. The average molecular weight is 249 g/mol. The lowest BCUT2D eigenvalue weighted by molar-refractivity contribution is -0.122. The van der Waals surface area contributed by atoms with Crippen molar-refractivity contribution in [3.8, 4) is 0 Å². The van der Waals surface area contributed by atoms with Gasteiger partial charge in [0.15, 0.2) is 0 Å². The number of hydrogen-bond donors (Lipinski definition) is 3. The molecule has 0 spiro atoms. The number of nitrogens with one attached hydrogen (secondary N) is 1. The van der Waals surface area contributed by atoms with Gasteiger partial charge in [0.25, 0.3) is 0 Å². The number of carbonyl (C=O) groups excluding carboxylic acids is 1. The Kier molecular flexibility index (Phi) is 4.33. The molecule has 98 valence electrons. The van der Waals surface area contributed by atoms with E-state index in [0.29, 0.717) is 12.8 Å². The van der Waals surface area contributed by atoms with Crippen LogP contribution < -0.4 is 5.32 Å². The first-order valence-corrected chi connectivity index (χ1v) is 6.39. The molecule has 1 amide bonds. The van der Waals surface area contributed by atoms with Crippen molar-refractivity contribution in [1.29, 1.82) is 0 Å². The first-order chi connectivity index (χ1) is 8.70. The largest absolute Gasteiger partial charge is 0.396 e. The SMILES string of the molecule is O=C(Nc1ccc(CCO)cc1)C1CCCC1O. The van der Waals surface area contributed by atoms with Crippen LogP contribution in [0.5, 0.6) is 0 Å². The van der Waals surface area contributed by atoms with E-state index in [-0.39, 0.29) is 18.4 Å². The fraction of sp³-hybridized carbons (Fsp3) is 0.500. The summed E-state index contributed by atoms with van der Waals surface area (Å²) >= 11 is 0. The second-order valence-electron chi connectivity index (χ2n) is 4.76. The molecule has 0 radical (unpaired) electrons. The van der Waals surface area contributed by atoms with E-state index < -0.39 is 6.10 Å². The van der Waals surface area contributed by atoms with Gasteiger partial charge < -0.3 is 15.5 Å². The van der Waals surface area contributed by atoms with Crippen LogP contribution in [0.4, 0.5) is 5.69 Å². The summed E-state index contributed by atoms with van der Waals surface area (Å²) in [6, 6.07) is 7.42. The molecular formula is C14H19NO3. The highest BCUT2D eigenvalue weighted by Crippen LogP contribution is 2.26. The van der Waals surface area contributed by atoms with Crippen LogP contribution in [0.1, 0.15) is 24.8 Å². The van der Waals surface area contributed by atoms with E-state index in [2.05, 4.69) is 5.32 Å². The van der Waals surface area contributed by atoms with Crippen LogP contribution in [0.3, 0.4) is 0 Å². The standard InChI is InChI=1S/C14H19NO3/c16-9-8-10-4-6-11(7-5-10)15-14(18)12-2-1-3-13(12)17/h4-7,12-13,16-17H,1-3,8-9H2,(H,15,18). The maximum absolute atomic E-state index is 11.9. The van der Waals surface area contributed by atoms with Crippen molar-refractivity contribution in [2.24, 2.45) is 5.92 Å². The maximum Gasteiger partial charge on any atom is 0.230 e. The number of anilines is 1. The Morgan fingerprint density at radius 1 is 1.28 bits per heavy atom. The van der Waals surface area contributed by atoms with E-state index in [9.17, 15) is 9.90 Å². The Hall–Kier alpha value is -1.39. The lowest BCUT2D eigenvalue weighted by Gasteiger charge is -2.14. The first kappa shape index (κ1) is 13.1. The van der Waals surface area contributed by atoms with Crippen LogP contribution in [0.2, 0.25) is 0 Å². The molecule has 2 unspecified atom stereocenters. The molecule has 1 aliphatic rings. The fourth-order valence-electron chi connectivity index (χ4n) is 2.37. The van der Waals surface area contributed by atoms with Gasteiger partial charge in [0, 0.05) is 12.3 Å². The molecule has 1 aromatic carbocycles. The summed E-state index contributed by atoms with van der Waals surface area (Å²) in [7, 11) is 0. The second kappa shape index (κ2) is 5.98. The lowest BCUT2D eigenvalue weighted by atomic mass is 10.0. The van der Waals surface area contributed by atoms with Gasteiger partial charge in [-0.1, -0.05) is 12.1 Å². The molecule has 1 saturated carbocycles. The number of aliphatic hydroxyl groups is 2. The summed E-state index contributed by atoms with van der Waals surface area (Å²) in [6.45, 7) is 0.125. The highest BCUT2D eigenvalue weighted by Gasteiger charge is 2.31. The van der Waals surface area contributed by atoms with Gasteiger partial charge >= 0.3 is 0 Å². The Balaban J connectivity index is 1.94. The van der Waals surface area contributed by atoms with Crippen LogP contribution in [0.15, 0.2) is 24.3 Å². The third kappa shape index (κ3) is 3.09. The number of aliphatic hydroxyl groups excluding tert-OH is 2. The molecule has 0 heterocycles. The van der Waals surface area contributed by atoms with Crippen molar-refractivity contribution in [1.82, 2.24) is 0 Å². The molecule has 0 aliphatic heterocycles. The van der Waals surface area contributed by atoms with Gasteiger partial charge in [-0.05, 0) is 43.4 Å². The van der Waals surface area contributed by atoms with Gasteiger partial charge in [-0.15, -0.1) is 0 Å². The molecule has 0 bridgehead atoms. The number of benzene rings is 1. The monoisotopic (exact) mass is 249 g/mol. The Labute approximate surface area is 107 Å². The molecular weight excluding hydrogens is 230 g/mol. The molecule has 4 heteroatoms. The molecule has 4 nitrogen and oxygen atoms in total. The first-order valence-electron chi connectivity index (χ1n) is 6.39. The van der Waals surface area contributed by atoms with Crippen LogP contribution in [0, 0.1) is 5.92 Å². The van der Waals surface area contributed by atoms with Crippen molar-refractivity contribution < 1.29 is 15.0 Å². The Morgan fingerprint density at radius 3 is 2.56 bits per heavy atom. The summed E-state index contributed by atoms with van der Waals surface area (Å²) in [4.78, 5) is 11.9. The highest BCUT2D eigenvalue weighted by atomic mass is 16.3. The summed E-state index contributed by atoms with van der Waals surface area (Å²) in [5.74, 6) is -0.378. The third-order valence-corrected chi connectivity index (χ3v) is 3.44. The molecule has 18 heavy (non-hydrogen) atoms. The lowest BCUT2D eigenvalue weighted by Crippen LogP contribution is -2.28. The summed E-state index contributed by atoms with van der Waals surface area (Å²) in [6.07, 6.45) is 2.51. The van der Waals surface area contributed by atoms with E-state index in [0.717, 1.165) is 24.1 Å². The zero-order valence-electron chi connectivity index (χ0n) is 10.3. The zero-order chi connectivity index (χ0) is 13.0. The van der Waals surface area contributed by atoms with E-state index in [1.165, 1.54) is 0 Å². The normalized spacial score (nSPS) is 23.0. The Bertz CT molecular complexity index is 402. The van der Waals surface area contributed by atoms with Crippen molar-refractivity contribution in [3.63, 3.8) is 0 Å². The predicted molar refractivity (Wildman–Crippen MR) is 69.2 cm³/mol. The van der Waals surface area contributed by atoms with Crippen molar-refractivity contribution in [2.45, 2.75) is 31.8 Å². The molecule has 1 aromatic rings. The highest BCUT2D eigenvalue weighted by molar-refractivity contribution is 5.93. The molecule has 0 saturated heterocycles. The minimum Gasteiger partial charge on any atom is -0.396 e. The van der Waals surface area contributed by atoms with Gasteiger partial charge in [-0.25, -0.2) is 0 Å². The zero-order valence-corrected chi connectivity index (χ0v) is 10.3. The van der Waals surface area contributed by atoms with Crippen LogP contribution in [0.25, 0.3) is 0 Å². The molecule has 0 aromatic heterocycles. The Morgan fingerprint density at radius 2 is 2.00 bits per heavy atom. The number of hydrogen-bond acceptors (Lipinski definition) is 3. The summed E-state index contributed by atoms with van der Waals surface area (Å²) in [5.41, 5.74) is 1.78. The molecule has 2 atom stereocenters. The topological polar surface area (TPSA) is 69.6 Å². The summed E-state index contributed by atoms with van der Waals surface area (Å²) in [5, 5.41) is 21.3. The van der Waals surface area contributed by atoms with Crippen molar-refractivity contribution >= 4 is 11.6 Å². The number of amides is 1. The van der Waals surface area contributed by atoms with Crippen molar-refractivity contribution in [3.05, 3.63) is 29.8 Å². The smallest absolute Gasteiger partial charge is 0.230 e.